The Hall–Kier alpha value is -5.20. The smallest absolute Gasteiger partial charge is 0.200 e. The van der Waals surface area contributed by atoms with Crippen LogP contribution < -0.4 is 9.47 Å². The molecule has 12 heteroatoms. The van der Waals surface area contributed by atoms with Gasteiger partial charge in [-0.05, 0) is 35.9 Å². The summed E-state index contributed by atoms with van der Waals surface area (Å²) in [5.41, 5.74) is -1.05. The lowest BCUT2D eigenvalue weighted by atomic mass is 9.80. The number of ether oxygens (including phenoxy) is 2. The molecule has 1 aliphatic carbocycles. The highest BCUT2D eigenvalue weighted by Gasteiger charge is 2.62. The second-order valence-electron chi connectivity index (χ2n) is 10.7. The van der Waals surface area contributed by atoms with Gasteiger partial charge in [0, 0.05) is 46.4 Å². The van der Waals surface area contributed by atoms with E-state index in [0.717, 1.165) is 18.2 Å². The largest absolute Gasteiger partial charge is 0.508 e. The standard InChI is InChI=1S/C30H24O12/c31-12-6-18(35)24-22(7-12)42-30(11-4-19(36)26(39)20(37)5-11)14-9-16(33)13-8-21(38)27(10-1-2-15(32)17(34)3-10)41-28(13)23(14)25(24)29(30)40/h1-7,9,21,25,27,29,31-40H,8H2/t21-,25-,27+,29+,30-/m1/s1. The molecule has 0 saturated heterocycles. The Balaban J connectivity index is 1.52. The molecule has 0 spiro atoms. The molecule has 0 radical (unpaired) electrons. The first kappa shape index (κ1) is 25.7. The first-order chi connectivity index (χ1) is 19.9. The summed E-state index contributed by atoms with van der Waals surface area (Å²) in [7, 11) is 0. The number of phenolic OH excluding ortho intramolecular Hbond substituents is 8. The van der Waals surface area contributed by atoms with Crippen molar-refractivity contribution in [3.05, 3.63) is 81.9 Å². The third kappa shape index (κ3) is 3.24. The highest BCUT2D eigenvalue weighted by atomic mass is 16.5. The first-order valence-corrected chi connectivity index (χ1v) is 12.9. The van der Waals surface area contributed by atoms with Gasteiger partial charge in [-0.15, -0.1) is 0 Å². The number of hydrogen-bond donors (Lipinski definition) is 10. The number of aliphatic hydroxyl groups is 2. The number of fused-ring (bicyclic) bond motifs is 9. The van der Waals surface area contributed by atoms with Gasteiger partial charge in [-0.2, -0.15) is 0 Å². The molecule has 216 valence electrons. The molecule has 0 aromatic heterocycles. The van der Waals surface area contributed by atoms with Gasteiger partial charge in [0.1, 0.15) is 41.0 Å². The lowest BCUT2D eigenvalue weighted by Crippen LogP contribution is -2.46. The fourth-order valence-corrected chi connectivity index (χ4v) is 6.52. The average Bonchev–Trinajstić information content (AvgIpc) is 3.07. The maximum atomic E-state index is 11.9. The molecule has 4 aromatic rings. The normalized spacial score (nSPS) is 25.1. The van der Waals surface area contributed by atoms with Crippen molar-refractivity contribution in [1.29, 1.82) is 0 Å². The SMILES string of the molecule is Oc1cc(O)c2c(c1)O[C@]1(c3cc(O)c(O)c(O)c3)c3cc(O)c4c(c3[C@H]2[C@@H]1O)O[C@@H](c1ccc(O)c(O)c1)[C@H](O)C4. The van der Waals surface area contributed by atoms with E-state index in [-0.39, 0.29) is 63.0 Å². The Morgan fingerprint density at radius 1 is 0.690 bits per heavy atom. The quantitative estimate of drug-likeness (QED) is 0.156. The number of aromatic hydroxyl groups is 8. The van der Waals surface area contributed by atoms with Crippen LogP contribution in [0.15, 0.2) is 48.5 Å². The van der Waals surface area contributed by atoms with Crippen LogP contribution >= 0.6 is 0 Å². The van der Waals surface area contributed by atoms with Gasteiger partial charge in [0.25, 0.3) is 0 Å². The summed E-state index contributed by atoms with van der Waals surface area (Å²) in [5, 5.41) is 106. The van der Waals surface area contributed by atoms with Crippen molar-refractivity contribution in [3.8, 4) is 57.5 Å². The zero-order valence-corrected chi connectivity index (χ0v) is 21.4. The molecule has 2 heterocycles. The van der Waals surface area contributed by atoms with Crippen LogP contribution in [0.1, 0.15) is 45.4 Å². The van der Waals surface area contributed by atoms with E-state index in [1.165, 1.54) is 30.3 Å². The van der Waals surface area contributed by atoms with Gasteiger partial charge in [-0.1, -0.05) is 6.07 Å². The third-order valence-electron chi connectivity index (χ3n) is 8.36. The van der Waals surface area contributed by atoms with Crippen LogP contribution in [-0.4, -0.2) is 63.3 Å². The molecule has 42 heavy (non-hydrogen) atoms. The monoisotopic (exact) mass is 576 g/mol. The second kappa shape index (κ2) is 8.41. The van der Waals surface area contributed by atoms with Crippen LogP contribution in [0.2, 0.25) is 0 Å². The molecule has 0 fully saturated rings. The lowest BCUT2D eigenvalue weighted by Gasteiger charge is -2.40. The molecule has 0 amide bonds. The summed E-state index contributed by atoms with van der Waals surface area (Å²) in [5.74, 6) is -5.28. The molecular weight excluding hydrogens is 552 g/mol. The molecule has 2 bridgehead atoms. The van der Waals surface area contributed by atoms with Gasteiger partial charge < -0.3 is 60.5 Å². The Morgan fingerprint density at radius 3 is 2.10 bits per heavy atom. The van der Waals surface area contributed by atoms with Crippen LogP contribution in [0.4, 0.5) is 0 Å². The average molecular weight is 577 g/mol. The molecule has 5 atom stereocenters. The van der Waals surface area contributed by atoms with E-state index in [9.17, 15) is 51.1 Å². The summed E-state index contributed by atoms with van der Waals surface area (Å²) in [4.78, 5) is 0. The Kier molecular flexibility index (Phi) is 5.16. The molecule has 10 N–H and O–H groups in total. The van der Waals surface area contributed by atoms with Crippen molar-refractivity contribution in [3.63, 3.8) is 0 Å². The molecule has 3 aliphatic rings. The maximum Gasteiger partial charge on any atom is 0.200 e. The van der Waals surface area contributed by atoms with Crippen LogP contribution in [-0.2, 0) is 12.0 Å². The molecule has 4 aromatic carbocycles. The van der Waals surface area contributed by atoms with E-state index < -0.39 is 58.6 Å². The summed E-state index contributed by atoms with van der Waals surface area (Å²) in [6, 6.07) is 9.62. The molecule has 12 nitrogen and oxygen atoms in total. The number of benzene rings is 4. The fraction of sp³-hybridized carbons (Fsp3) is 0.200. The van der Waals surface area contributed by atoms with Crippen molar-refractivity contribution in [2.45, 2.75) is 36.3 Å². The summed E-state index contributed by atoms with van der Waals surface area (Å²) in [6.45, 7) is 0. The highest BCUT2D eigenvalue weighted by molar-refractivity contribution is 5.72. The van der Waals surface area contributed by atoms with E-state index in [2.05, 4.69) is 0 Å². The number of rotatable bonds is 2. The third-order valence-corrected chi connectivity index (χ3v) is 8.36. The van der Waals surface area contributed by atoms with Crippen LogP contribution in [0.25, 0.3) is 0 Å². The van der Waals surface area contributed by atoms with E-state index in [1.54, 1.807) is 0 Å². The minimum absolute atomic E-state index is 0.0322. The van der Waals surface area contributed by atoms with Crippen molar-refractivity contribution in [2.75, 3.05) is 0 Å². The summed E-state index contributed by atoms with van der Waals surface area (Å²) in [6.07, 6.45) is -3.99. The van der Waals surface area contributed by atoms with Gasteiger partial charge >= 0.3 is 0 Å². The van der Waals surface area contributed by atoms with E-state index >= 15 is 0 Å². The molecule has 7 rings (SSSR count). The maximum absolute atomic E-state index is 11.9. The van der Waals surface area contributed by atoms with Crippen molar-refractivity contribution >= 4 is 0 Å². The van der Waals surface area contributed by atoms with Gasteiger partial charge in [0.05, 0.1) is 12.0 Å². The zero-order valence-electron chi connectivity index (χ0n) is 21.4. The van der Waals surface area contributed by atoms with Crippen LogP contribution in [0, 0.1) is 0 Å². The van der Waals surface area contributed by atoms with Crippen LogP contribution in [0.5, 0.6) is 57.5 Å². The molecule has 2 aliphatic heterocycles. The van der Waals surface area contributed by atoms with Crippen molar-refractivity contribution in [1.82, 2.24) is 0 Å². The number of aliphatic hydroxyl groups excluding tert-OH is 2. The highest BCUT2D eigenvalue weighted by Crippen LogP contribution is 2.65. The van der Waals surface area contributed by atoms with Gasteiger partial charge in [-0.3, -0.25) is 0 Å². The fourth-order valence-electron chi connectivity index (χ4n) is 6.52. The molecule has 0 unspecified atom stereocenters. The van der Waals surface area contributed by atoms with E-state index in [0.29, 0.717) is 5.56 Å². The number of hydrogen-bond acceptors (Lipinski definition) is 12. The van der Waals surface area contributed by atoms with Gasteiger partial charge in [0.2, 0.25) is 0 Å². The van der Waals surface area contributed by atoms with Crippen molar-refractivity contribution in [2.24, 2.45) is 0 Å². The topological polar surface area (TPSA) is 221 Å². The number of phenols is 8. The molecule has 0 saturated carbocycles. The predicted octanol–water partition coefficient (Wildman–Crippen LogP) is 2.51. The predicted molar refractivity (Wildman–Crippen MR) is 141 cm³/mol. The van der Waals surface area contributed by atoms with Gasteiger partial charge in [0.15, 0.2) is 34.3 Å². The van der Waals surface area contributed by atoms with E-state index in [4.69, 9.17) is 9.47 Å². The minimum atomic E-state index is -1.96. The Labute approximate surface area is 236 Å². The second-order valence-corrected chi connectivity index (χ2v) is 10.7. The Morgan fingerprint density at radius 2 is 1.40 bits per heavy atom. The van der Waals surface area contributed by atoms with Gasteiger partial charge in [-0.25, -0.2) is 0 Å². The summed E-state index contributed by atoms with van der Waals surface area (Å²) >= 11 is 0. The summed E-state index contributed by atoms with van der Waals surface area (Å²) < 4.78 is 12.6. The molecular formula is C30H24O12. The first-order valence-electron chi connectivity index (χ1n) is 12.9. The zero-order chi connectivity index (χ0) is 29.8. The van der Waals surface area contributed by atoms with E-state index in [1.807, 2.05) is 0 Å². The Bertz CT molecular complexity index is 1790. The minimum Gasteiger partial charge on any atom is -0.508 e. The lowest BCUT2D eigenvalue weighted by molar-refractivity contribution is -0.0384. The van der Waals surface area contributed by atoms with Crippen molar-refractivity contribution < 1.29 is 60.5 Å². The van der Waals surface area contributed by atoms with Crippen LogP contribution in [0.3, 0.4) is 0 Å².